The molecule has 2 aromatic rings. The van der Waals surface area contributed by atoms with E-state index in [1.54, 1.807) is 0 Å². The molecule has 0 saturated heterocycles. The summed E-state index contributed by atoms with van der Waals surface area (Å²) in [4.78, 5) is 12.0. The molecule has 0 spiro atoms. The molecule has 134 valence electrons. The van der Waals surface area contributed by atoms with Gasteiger partial charge in [-0.25, -0.2) is 0 Å². The Morgan fingerprint density at radius 1 is 0.880 bits per heavy atom. The van der Waals surface area contributed by atoms with Gasteiger partial charge in [0.2, 0.25) is 0 Å². The number of anilines is 1. The van der Waals surface area contributed by atoms with Gasteiger partial charge in [-0.2, -0.15) is 0 Å². The molecule has 2 aromatic carbocycles. The second-order valence-corrected chi connectivity index (χ2v) is 5.91. The van der Waals surface area contributed by atoms with Crippen LogP contribution in [0.3, 0.4) is 0 Å². The van der Waals surface area contributed by atoms with Crippen LogP contribution in [0.4, 0.5) is 5.69 Å². The van der Waals surface area contributed by atoms with Crippen molar-refractivity contribution in [1.82, 2.24) is 0 Å². The molecule has 0 bridgehead atoms. The summed E-state index contributed by atoms with van der Waals surface area (Å²) < 4.78 is 11.2. The summed E-state index contributed by atoms with van der Waals surface area (Å²) in [5.74, 6) is 1.33. The summed E-state index contributed by atoms with van der Waals surface area (Å²) in [7, 11) is 0. The average molecular weight is 341 g/mol. The maximum absolute atomic E-state index is 12.0. The summed E-state index contributed by atoms with van der Waals surface area (Å²) in [6.07, 6.45) is 4.40. The van der Waals surface area contributed by atoms with Gasteiger partial charge in [-0.3, -0.25) is 4.79 Å². The molecule has 2 rings (SSSR count). The van der Waals surface area contributed by atoms with Crippen LogP contribution < -0.4 is 14.8 Å². The molecule has 0 atom stereocenters. The Balaban J connectivity index is 1.74. The monoisotopic (exact) mass is 341 g/mol. The van der Waals surface area contributed by atoms with E-state index >= 15 is 0 Å². The van der Waals surface area contributed by atoms with Crippen molar-refractivity contribution in [3.63, 3.8) is 0 Å². The highest BCUT2D eigenvalue weighted by Crippen LogP contribution is 2.17. The zero-order valence-corrected chi connectivity index (χ0v) is 15.1. The van der Waals surface area contributed by atoms with Gasteiger partial charge in [0.15, 0.2) is 6.61 Å². The molecular formula is C21H27NO3. The van der Waals surface area contributed by atoms with Crippen molar-refractivity contribution in [3.05, 3.63) is 54.1 Å². The van der Waals surface area contributed by atoms with Crippen molar-refractivity contribution >= 4 is 11.6 Å². The number of rotatable bonds is 10. The Morgan fingerprint density at radius 2 is 1.52 bits per heavy atom. The molecule has 0 unspecified atom stereocenters. The maximum Gasteiger partial charge on any atom is 0.262 e. The number of hydrogen-bond acceptors (Lipinski definition) is 3. The Kier molecular flexibility index (Phi) is 7.83. The lowest BCUT2D eigenvalue weighted by atomic mass is 10.2. The Hall–Kier alpha value is -2.49. The average Bonchev–Trinajstić information content (AvgIpc) is 2.65. The lowest BCUT2D eigenvalue weighted by Crippen LogP contribution is -2.20. The number of ether oxygens (including phenoxy) is 2. The van der Waals surface area contributed by atoms with E-state index in [0.717, 1.165) is 30.9 Å². The quantitative estimate of drug-likeness (QED) is 0.629. The number of carbonyl (C=O) groups is 1. The molecule has 0 aromatic heterocycles. The number of benzene rings is 2. The molecule has 1 amide bonds. The van der Waals surface area contributed by atoms with Crippen molar-refractivity contribution in [2.24, 2.45) is 0 Å². The van der Waals surface area contributed by atoms with E-state index in [0.29, 0.717) is 5.75 Å². The number of carbonyl (C=O) groups excluding carboxylic acids is 1. The second kappa shape index (κ2) is 10.4. The highest BCUT2D eigenvalue weighted by molar-refractivity contribution is 5.91. The molecule has 4 nitrogen and oxygen atoms in total. The van der Waals surface area contributed by atoms with Gasteiger partial charge in [0.25, 0.3) is 5.91 Å². The highest BCUT2D eigenvalue weighted by Gasteiger charge is 2.04. The van der Waals surface area contributed by atoms with Crippen molar-refractivity contribution in [2.75, 3.05) is 18.5 Å². The normalized spacial score (nSPS) is 10.3. The van der Waals surface area contributed by atoms with E-state index in [2.05, 4.69) is 19.2 Å². The summed E-state index contributed by atoms with van der Waals surface area (Å²) >= 11 is 0. The number of hydrogen-bond donors (Lipinski definition) is 1. The zero-order valence-electron chi connectivity index (χ0n) is 15.1. The van der Waals surface area contributed by atoms with Gasteiger partial charge in [0.1, 0.15) is 11.5 Å². The number of amides is 1. The first-order chi connectivity index (χ1) is 12.2. The van der Waals surface area contributed by atoms with Crippen LogP contribution >= 0.6 is 0 Å². The molecule has 4 heteroatoms. The van der Waals surface area contributed by atoms with E-state index in [1.165, 1.54) is 18.4 Å². The van der Waals surface area contributed by atoms with E-state index < -0.39 is 0 Å². The molecule has 0 aliphatic heterocycles. The van der Waals surface area contributed by atoms with Gasteiger partial charge in [-0.05, 0) is 54.8 Å². The second-order valence-electron chi connectivity index (χ2n) is 5.91. The van der Waals surface area contributed by atoms with Crippen molar-refractivity contribution < 1.29 is 14.3 Å². The van der Waals surface area contributed by atoms with Gasteiger partial charge in [0.05, 0.1) is 6.61 Å². The lowest BCUT2D eigenvalue weighted by Gasteiger charge is -2.09. The standard InChI is InChI=1S/C21H27NO3/c1-3-5-6-15-24-19-13-9-18(10-14-19)22-21(23)16-25-20-11-7-17(4-2)8-12-20/h7-14H,3-6,15-16H2,1-2H3,(H,22,23). The smallest absolute Gasteiger partial charge is 0.262 e. The van der Waals surface area contributed by atoms with Crippen LogP contribution in [0.2, 0.25) is 0 Å². The SMILES string of the molecule is CCCCCOc1ccc(NC(=O)COc2ccc(CC)cc2)cc1. The fourth-order valence-electron chi connectivity index (χ4n) is 2.34. The molecule has 1 N–H and O–H groups in total. The number of unbranched alkanes of at least 4 members (excludes halogenated alkanes) is 2. The largest absolute Gasteiger partial charge is 0.494 e. The predicted octanol–water partition coefficient (Wildman–Crippen LogP) is 4.84. The van der Waals surface area contributed by atoms with E-state index in [4.69, 9.17) is 9.47 Å². The van der Waals surface area contributed by atoms with Crippen LogP contribution in [0.15, 0.2) is 48.5 Å². The van der Waals surface area contributed by atoms with Crippen molar-refractivity contribution in [3.8, 4) is 11.5 Å². The van der Waals surface area contributed by atoms with Gasteiger partial charge in [-0.1, -0.05) is 38.8 Å². The molecular weight excluding hydrogens is 314 g/mol. The molecule has 25 heavy (non-hydrogen) atoms. The molecule has 0 aliphatic rings. The highest BCUT2D eigenvalue weighted by atomic mass is 16.5. The lowest BCUT2D eigenvalue weighted by molar-refractivity contribution is -0.118. The van der Waals surface area contributed by atoms with Crippen LogP contribution in [-0.4, -0.2) is 19.1 Å². The molecule has 0 fully saturated rings. The van der Waals surface area contributed by atoms with Crippen LogP contribution in [0.5, 0.6) is 11.5 Å². The minimum absolute atomic E-state index is 0.0132. The van der Waals surface area contributed by atoms with Crippen molar-refractivity contribution in [2.45, 2.75) is 39.5 Å². The van der Waals surface area contributed by atoms with Crippen LogP contribution in [-0.2, 0) is 11.2 Å². The minimum atomic E-state index is -0.184. The maximum atomic E-state index is 12.0. The minimum Gasteiger partial charge on any atom is -0.494 e. The van der Waals surface area contributed by atoms with E-state index in [9.17, 15) is 4.79 Å². The summed E-state index contributed by atoms with van der Waals surface area (Å²) in [6.45, 7) is 4.98. The molecule has 0 saturated carbocycles. The number of aryl methyl sites for hydroxylation is 1. The third kappa shape index (κ3) is 6.87. The third-order valence-corrected chi connectivity index (χ3v) is 3.86. The van der Waals surface area contributed by atoms with Gasteiger partial charge in [0, 0.05) is 5.69 Å². The molecule has 0 heterocycles. The first-order valence-corrected chi connectivity index (χ1v) is 8.95. The van der Waals surface area contributed by atoms with Crippen LogP contribution in [0, 0.1) is 0 Å². The fraction of sp³-hybridized carbons (Fsp3) is 0.381. The Labute approximate surface area is 150 Å². The van der Waals surface area contributed by atoms with Crippen molar-refractivity contribution in [1.29, 1.82) is 0 Å². The summed E-state index contributed by atoms with van der Waals surface area (Å²) in [6, 6.07) is 15.2. The third-order valence-electron chi connectivity index (χ3n) is 3.86. The molecule has 0 radical (unpaired) electrons. The first-order valence-electron chi connectivity index (χ1n) is 8.95. The van der Waals surface area contributed by atoms with E-state index in [-0.39, 0.29) is 12.5 Å². The Morgan fingerprint density at radius 3 is 2.16 bits per heavy atom. The fourth-order valence-corrected chi connectivity index (χ4v) is 2.34. The van der Waals surface area contributed by atoms with Crippen LogP contribution in [0.1, 0.15) is 38.7 Å². The predicted molar refractivity (Wildman–Crippen MR) is 101 cm³/mol. The molecule has 0 aliphatic carbocycles. The van der Waals surface area contributed by atoms with E-state index in [1.807, 2.05) is 48.5 Å². The summed E-state index contributed by atoms with van der Waals surface area (Å²) in [5, 5.41) is 2.82. The van der Waals surface area contributed by atoms with Gasteiger partial charge < -0.3 is 14.8 Å². The topological polar surface area (TPSA) is 47.6 Å². The van der Waals surface area contributed by atoms with Gasteiger partial charge in [-0.15, -0.1) is 0 Å². The summed E-state index contributed by atoms with van der Waals surface area (Å²) in [5.41, 5.74) is 1.98. The van der Waals surface area contributed by atoms with Crippen LogP contribution in [0.25, 0.3) is 0 Å². The zero-order chi connectivity index (χ0) is 17.9. The van der Waals surface area contributed by atoms with Gasteiger partial charge >= 0.3 is 0 Å². The first kappa shape index (κ1) is 18.8. The Bertz CT molecular complexity index is 635. The number of nitrogens with one attached hydrogen (secondary N) is 1.